The van der Waals surface area contributed by atoms with Crippen LogP contribution < -0.4 is 4.80 Å². The van der Waals surface area contributed by atoms with Crippen LogP contribution in [-0.2, 0) is 7.05 Å². The number of aromatic carboxylic acids is 1. The van der Waals surface area contributed by atoms with Crippen molar-refractivity contribution in [3.05, 3.63) is 57.9 Å². The molecule has 0 bridgehead atoms. The average molecular weight is 362 g/mol. The second-order valence-electron chi connectivity index (χ2n) is 4.91. The number of carbonyl (C=O) groups is 1. The van der Waals surface area contributed by atoms with Crippen LogP contribution in [0.15, 0.2) is 47.5 Å². The largest absolute Gasteiger partial charge is 0.506 e. The molecule has 6 nitrogen and oxygen atoms in total. The van der Waals surface area contributed by atoms with E-state index in [1.54, 1.807) is 19.2 Å². The van der Waals surface area contributed by atoms with E-state index >= 15 is 0 Å². The van der Waals surface area contributed by atoms with Gasteiger partial charge in [-0.3, -0.25) is 0 Å². The first-order valence-electron chi connectivity index (χ1n) is 6.86. The van der Waals surface area contributed by atoms with Crippen molar-refractivity contribution in [2.45, 2.75) is 0 Å². The van der Waals surface area contributed by atoms with E-state index in [1.165, 1.54) is 34.2 Å². The van der Waals surface area contributed by atoms with Crippen LogP contribution in [0.4, 0.5) is 5.69 Å². The van der Waals surface area contributed by atoms with E-state index in [2.05, 4.69) is 10.1 Å². The quantitative estimate of drug-likeness (QED) is 0.748. The number of phenols is 1. The number of aromatic hydroxyl groups is 1. The topological polar surface area (TPSA) is 87.7 Å². The van der Waals surface area contributed by atoms with Crippen molar-refractivity contribution < 1.29 is 15.0 Å². The van der Waals surface area contributed by atoms with Crippen molar-refractivity contribution in [2.75, 3.05) is 0 Å². The first-order valence-corrected chi connectivity index (χ1v) is 8.05. The van der Waals surface area contributed by atoms with Crippen molar-refractivity contribution >= 4 is 34.6 Å². The predicted molar refractivity (Wildman–Crippen MR) is 91.8 cm³/mol. The number of phenolic OH excluding ortho intramolecular Hbond substituents is 1. The first kappa shape index (κ1) is 16.2. The highest BCUT2D eigenvalue weighted by Gasteiger charge is 2.14. The Morgan fingerprint density at radius 2 is 1.96 bits per heavy atom. The SMILES string of the molecule is Cn1nc(-c2ccc(Cl)cc2)sc1=Nc1c(O)cccc1C(=O)O. The molecule has 0 aliphatic heterocycles. The molecule has 0 fully saturated rings. The van der Waals surface area contributed by atoms with Crippen LogP contribution in [0, 0.1) is 0 Å². The third kappa shape index (κ3) is 3.17. The highest BCUT2D eigenvalue weighted by molar-refractivity contribution is 7.12. The minimum absolute atomic E-state index is 0.00639. The van der Waals surface area contributed by atoms with E-state index in [9.17, 15) is 15.0 Å². The molecule has 0 unspecified atom stereocenters. The van der Waals surface area contributed by atoms with Gasteiger partial charge in [-0.05, 0) is 24.3 Å². The Kier molecular flexibility index (Phi) is 4.37. The van der Waals surface area contributed by atoms with E-state index in [-0.39, 0.29) is 17.0 Å². The van der Waals surface area contributed by atoms with Gasteiger partial charge in [-0.25, -0.2) is 14.5 Å². The number of hydrogen-bond acceptors (Lipinski definition) is 5. The lowest BCUT2D eigenvalue weighted by molar-refractivity contribution is 0.0697. The van der Waals surface area contributed by atoms with Crippen molar-refractivity contribution in [1.29, 1.82) is 0 Å². The molecule has 2 N–H and O–H groups in total. The Labute approximate surface area is 145 Å². The lowest BCUT2D eigenvalue weighted by Gasteiger charge is -2.02. The minimum Gasteiger partial charge on any atom is -0.506 e. The van der Waals surface area contributed by atoms with Gasteiger partial charge in [0.25, 0.3) is 0 Å². The van der Waals surface area contributed by atoms with Gasteiger partial charge < -0.3 is 10.2 Å². The highest BCUT2D eigenvalue weighted by atomic mass is 35.5. The normalized spacial score (nSPS) is 11.7. The molecule has 0 saturated carbocycles. The summed E-state index contributed by atoms with van der Waals surface area (Å²) in [4.78, 5) is 16.1. The zero-order chi connectivity index (χ0) is 17.3. The molecule has 2 aromatic carbocycles. The summed E-state index contributed by atoms with van der Waals surface area (Å²) in [5.74, 6) is -1.36. The number of para-hydroxylation sites is 1. The van der Waals surface area contributed by atoms with Crippen molar-refractivity contribution in [3.8, 4) is 16.3 Å². The molecule has 0 aliphatic carbocycles. The molecule has 122 valence electrons. The number of benzene rings is 2. The summed E-state index contributed by atoms with van der Waals surface area (Å²) in [6, 6.07) is 11.5. The van der Waals surface area contributed by atoms with E-state index in [4.69, 9.17) is 11.6 Å². The van der Waals surface area contributed by atoms with Crippen LogP contribution in [0.5, 0.6) is 5.75 Å². The van der Waals surface area contributed by atoms with Gasteiger partial charge >= 0.3 is 5.97 Å². The van der Waals surface area contributed by atoms with E-state index in [0.29, 0.717) is 14.8 Å². The number of carboxylic acid groups (broad SMARTS) is 1. The number of aromatic nitrogens is 2. The maximum atomic E-state index is 11.3. The van der Waals surface area contributed by atoms with Gasteiger partial charge in [-0.15, -0.1) is 0 Å². The number of carboxylic acids is 1. The minimum atomic E-state index is -1.16. The molecule has 3 rings (SSSR count). The van der Waals surface area contributed by atoms with E-state index in [1.807, 2.05) is 12.1 Å². The van der Waals surface area contributed by atoms with Gasteiger partial charge in [-0.2, -0.15) is 5.10 Å². The smallest absolute Gasteiger partial charge is 0.338 e. The van der Waals surface area contributed by atoms with Crippen molar-refractivity contribution in [2.24, 2.45) is 12.0 Å². The second kappa shape index (κ2) is 6.46. The highest BCUT2D eigenvalue weighted by Crippen LogP contribution is 2.30. The molecule has 8 heteroatoms. The molecule has 1 aromatic heterocycles. The first-order chi connectivity index (χ1) is 11.5. The van der Waals surface area contributed by atoms with Gasteiger partial charge in [0.2, 0.25) is 4.80 Å². The maximum Gasteiger partial charge on any atom is 0.338 e. The Hall–Kier alpha value is -2.64. The Bertz CT molecular complexity index is 977. The lowest BCUT2D eigenvalue weighted by Crippen LogP contribution is -2.11. The molecule has 24 heavy (non-hydrogen) atoms. The molecule has 0 radical (unpaired) electrons. The third-order valence-electron chi connectivity index (χ3n) is 3.25. The molecule has 0 spiro atoms. The zero-order valence-electron chi connectivity index (χ0n) is 12.5. The van der Waals surface area contributed by atoms with Gasteiger partial charge in [0, 0.05) is 17.6 Å². The van der Waals surface area contributed by atoms with Gasteiger partial charge in [-0.1, -0.05) is 41.1 Å². The summed E-state index contributed by atoms with van der Waals surface area (Å²) in [7, 11) is 1.70. The number of nitrogens with zero attached hydrogens (tertiary/aromatic N) is 3. The summed E-state index contributed by atoms with van der Waals surface area (Å²) < 4.78 is 1.53. The lowest BCUT2D eigenvalue weighted by atomic mass is 10.1. The van der Waals surface area contributed by atoms with E-state index < -0.39 is 5.97 Å². The van der Waals surface area contributed by atoms with Crippen LogP contribution in [0.1, 0.15) is 10.4 Å². The monoisotopic (exact) mass is 361 g/mol. The fourth-order valence-electron chi connectivity index (χ4n) is 2.07. The molecular weight excluding hydrogens is 350 g/mol. The fraction of sp³-hybridized carbons (Fsp3) is 0.0625. The van der Waals surface area contributed by atoms with Crippen LogP contribution in [0.3, 0.4) is 0 Å². The number of hydrogen-bond donors (Lipinski definition) is 2. The van der Waals surface area contributed by atoms with Crippen LogP contribution in [0.2, 0.25) is 5.02 Å². The number of rotatable bonds is 3. The maximum absolute atomic E-state index is 11.3. The van der Waals surface area contributed by atoms with Crippen LogP contribution >= 0.6 is 22.9 Å². The molecule has 0 aliphatic rings. The Morgan fingerprint density at radius 1 is 1.25 bits per heavy atom. The molecule has 1 heterocycles. The molecule has 0 atom stereocenters. The second-order valence-corrected chi connectivity index (χ2v) is 6.30. The van der Waals surface area contributed by atoms with E-state index in [0.717, 1.165) is 5.56 Å². The average Bonchev–Trinajstić information content (AvgIpc) is 2.90. The molecule has 0 amide bonds. The number of aryl methyl sites for hydroxylation is 1. The molecule has 0 saturated heterocycles. The van der Waals surface area contributed by atoms with Gasteiger partial charge in [0.15, 0.2) is 0 Å². The van der Waals surface area contributed by atoms with Gasteiger partial charge in [0.05, 0.1) is 5.56 Å². The van der Waals surface area contributed by atoms with Crippen LogP contribution in [-0.4, -0.2) is 26.0 Å². The fourth-order valence-corrected chi connectivity index (χ4v) is 3.10. The summed E-state index contributed by atoms with van der Waals surface area (Å²) in [6.07, 6.45) is 0. The number of halogens is 1. The molecule has 3 aromatic rings. The summed E-state index contributed by atoms with van der Waals surface area (Å²) in [5, 5.41) is 24.9. The molecular formula is C16H12ClN3O3S. The third-order valence-corrected chi connectivity index (χ3v) is 4.55. The van der Waals surface area contributed by atoms with Crippen molar-refractivity contribution in [3.63, 3.8) is 0 Å². The standard InChI is InChI=1S/C16H12ClN3O3S/c1-20-16(18-13-11(15(22)23)3-2-4-12(13)21)24-14(19-20)9-5-7-10(17)8-6-9/h2-8,21H,1H3,(H,22,23). The van der Waals surface area contributed by atoms with Gasteiger partial charge in [0.1, 0.15) is 16.4 Å². The zero-order valence-corrected chi connectivity index (χ0v) is 14.0. The summed E-state index contributed by atoms with van der Waals surface area (Å²) in [6.45, 7) is 0. The Morgan fingerprint density at radius 3 is 2.62 bits per heavy atom. The van der Waals surface area contributed by atoms with Crippen molar-refractivity contribution in [1.82, 2.24) is 9.78 Å². The predicted octanol–water partition coefficient (Wildman–Crippen LogP) is 3.44. The van der Waals surface area contributed by atoms with Crippen LogP contribution in [0.25, 0.3) is 10.6 Å². The summed E-state index contributed by atoms with van der Waals surface area (Å²) >= 11 is 7.16. The summed E-state index contributed by atoms with van der Waals surface area (Å²) in [5.41, 5.74) is 0.806. The Balaban J connectivity index is 2.13.